The average molecular weight is 180 g/mol. The fourth-order valence-electron chi connectivity index (χ4n) is 1.70. The molecule has 0 aromatic carbocycles. The van der Waals surface area contributed by atoms with Crippen LogP contribution in [0.2, 0.25) is 0 Å². The molecular formula is C11H20N2. The molecule has 0 unspecified atom stereocenters. The van der Waals surface area contributed by atoms with Crippen molar-refractivity contribution < 1.29 is 0 Å². The number of nitrogens with zero attached hydrogens (tertiary/aromatic N) is 1. The van der Waals surface area contributed by atoms with Gasteiger partial charge in [0.05, 0.1) is 6.07 Å². The summed E-state index contributed by atoms with van der Waals surface area (Å²) in [5.41, 5.74) is 0.358. The summed E-state index contributed by atoms with van der Waals surface area (Å²) < 4.78 is 0. The van der Waals surface area contributed by atoms with Gasteiger partial charge in [-0.25, -0.2) is 0 Å². The lowest BCUT2D eigenvalue weighted by molar-refractivity contribution is 0.400. The summed E-state index contributed by atoms with van der Waals surface area (Å²) in [4.78, 5) is 0. The first-order valence-corrected chi connectivity index (χ1v) is 5.36. The molecule has 0 bridgehead atoms. The number of rotatable bonds is 6. The molecule has 1 saturated carbocycles. The molecule has 0 amide bonds. The molecule has 0 spiro atoms. The molecule has 0 atom stereocenters. The highest BCUT2D eigenvalue weighted by atomic mass is 14.9. The van der Waals surface area contributed by atoms with E-state index in [2.05, 4.69) is 25.2 Å². The second-order valence-electron chi connectivity index (χ2n) is 4.23. The van der Waals surface area contributed by atoms with Crippen LogP contribution < -0.4 is 5.32 Å². The second kappa shape index (κ2) is 4.62. The summed E-state index contributed by atoms with van der Waals surface area (Å²) in [7, 11) is 0. The minimum atomic E-state index is 0.358. The van der Waals surface area contributed by atoms with Gasteiger partial charge in [-0.2, -0.15) is 5.26 Å². The van der Waals surface area contributed by atoms with E-state index >= 15 is 0 Å². The van der Waals surface area contributed by atoms with E-state index in [9.17, 15) is 0 Å². The summed E-state index contributed by atoms with van der Waals surface area (Å²) in [5, 5.41) is 12.2. The summed E-state index contributed by atoms with van der Waals surface area (Å²) in [6.07, 6.45) is 5.61. The van der Waals surface area contributed by atoms with Gasteiger partial charge >= 0.3 is 0 Å². The van der Waals surface area contributed by atoms with Crippen molar-refractivity contribution in [1.82, 2.24) is 5.32 Å². The summed E-state index contributed by atoms with van der Waals surface area (Å²) >= 11 is 0. The van der Waals surface area contributed by atoms with E-state index < -0.39 is 0 Å². The van der Waals surface area contributed by atoms with Gasteiger partial charge in [0.25, 0.3) is 0 Å². The Bertz CT molecular complexity index is 185. The van der Waals surface area contributed by atoms with Gasteiger partial charge < -0.3 is 5.32 Å². The van der Waals surface area contributed by atoms with E-state index in [1.165, 1.54) is 25.7 Å². The van der Waals surface area contributed by atoms with Gasteiger partial charge in [0.2, 0.25) is 0 Å². The number of hydrogen-bond acceptors (Lipinski definition) is 2. The molecule has 0 saturated heterocycles. The van der Waals surface area contributed by atoms with Crippen LogP contribution in [0.4, 0.5) is 0 Å². The fraction of sp³-hybridized carbons (Fsp3) is 0.909. The lowest BCUT2D eigenvalue weighted by atomic mass is 10.0. The van der Waals surface area contributed by atoms with Crippen LogP contribution in [0.1, 0.15) is 46.0 Å². The van der Waals surface area contributed by atoms with Crippen LogP contribution in [0.15, 0.2) is 0 Å². The molecule has 1 aliphatic rings. The van der Waals surface area contributed by atoms with Crippen LogP contribution in [0.25, 0.3) is 0 Å². The van der Waals surface area contributed by atoms with Crippen LogP contribution in [0.5, 0.6) is 0 Å². The van der Waals surface area contributed by atoms with Crippen molar-refractivity contribution in [2.75, 3.05) is 6.54 Å². The molecule has 1 rings (SSSR count). The zero-order valence-electron chi connectivity index (χ0n) is 8.77. The predicted molar refractivity (Wildman–Crippen MR) is 54.3 cm³/mol. The Hall–Kier alpha value is -0.550. The molecule has 1 aliphatic carbocycles. The van der Waals surface area contributed by atoms with Gasteiger partial charge in [0, 0.05) is 19.0 Å². The van der Waals surface area contributed by atoms with Crippen LogP contribution in [0.3, 0.4) is 0 Å². The molecule has 2 nitrogen and oxygen atoms in total. The Kier molecular flexibility index (Phi) is 3.74. The summed E-state index contributed by atoms with van der Waals surface area (Å²) in [6, 6.07) is 2.94. The molecule has 1 fully saturated rings. The molecule has 74 valence electrons. The van der Waals surface area contributed by atoms with Crippen molar-refractivity contribution in [1.29, 1.82) is 5.26 Å². The highest BCUT2D eigenvalue weighted by Crippen LogP contribution is 2.47. The Labute approximate surface area is 81.3 Å². The Balaban J connectivity index is 2.22. The minimum Gasteiger partial charge on any atom is -0.313 e. The highest BCUT2D eigenvalue weighted by Gasteiger charge is 2.42. The maximum atomic E-state index is 8.64. The van der Waals surface area contributed by atoms with Crippen molar-refractivity contribution >= 4 is 0 Å². The van der Waals surface area contributed by atoms with Crippen LogP contribution in [-0.2, 0) is 0 Å². The average Bonchev–Trinajstić information content (AvgIpc) is 2.88. The van der Waals surface area contributed by atoms with Gasteiger partial charge in [0.1, 0.15) is 0 Å². The fourth-order valence-corrected chi connectivity index (χ4v) is 1.70. The van der Waals surface area contributed by atoms with Gasteiger partial charge in [0.15, 0.2) is 0 Å². The number of nitrogens with one attached hydrogen (secondary N) is 1. The van der Waals surface area contributed by atoms with Crippen molar-refractivity contribution in [3.8, 4) is 6.07 Å². The lowest BCUT2D eigenvalue weighted by Gasteiger charge is -2.18. The van der Waals surface area contributed by atoms with Crippen LogP contribution in [0, 0.1) is 16.7 Å². The molecule has 0 heterocycles. The summed E-state index contributed by atoms with van der Waals surface area (Å²) in [6.45, 7) is 5.48. The number of nitriles is 1. The van der Waals surface area contributed by atoms with Crippen LogP contribution in [-0.4, -0.2) is 12.6 Å². The van der Waals surface area contributed by atoms with E-state index in [0.29, 0.717) is 11.5 Å². The zero-order chi connectivity index (χ0) is 9.73. The largest absolute Gasteiger partial charge is 0.313 e. The van der Waals surface area contributed by atoms with Gasteiger partial charge in [-0.05, 0) is 31.1 Å². The monoisotopic (exact) mass is 180 g/mol. The molecule has 0 aliphatic heterocycles. The molecule has 0 aromatic rings. The first-order valence-electron chi connectivity index (χ1n) is 5.36. The van der Waals surface area contributed by atoms with E-state index in [0.717, 1.165) is 13.0 Å². The van der Waals surface area contributed by atoms with Crippen molar-refractivity contribution in [3.05, 3.63) is 0 Å². The predicted octanol–water partition coefficient (Wildman–Crippen LogP) is 2.46. The Morgan fingerprint density at radius 3 is 2.38 bits per heavy atom. The second-order valence-corrected chi connectivity index (χ2v) is 4.23. The molecule has 2 heteroatoms. The third-order valence-electron chi connectivity index (χ3n) is 3.16. The smallest absolute Gasteiger partial charge is 0.0628 e. The first kappa shape index (κ1) is 10.5. The first-order chi connectivity index (χ1) is 6.26. The van der Waals surface area contributed by atoms with Crippen molar-refractivity contribution in [3.63, 3.8) is 0 Å². The molecule has 1 N–H and O–H groups in total. The Morgan fingerprint density at radius 1 is 1.38 bits per heavy atom. The van der Waals surface area contributed by atoms with Gasteiger partial charge in [-0.15, -0.1) is 0 Å². The molecule has 0 radical (unpaired) electrons. The maximum Gasteiger partial charge on any atom is 0.0628 e. The Morgan fingerprint density at radius 2 is 2.00 bits per heavy atom. The van der Waals surface area contributed by atoms with E-state index in [1.807, 2.05) is 0 Å². The van der Waals surface area contributed by atoms with E-state index in [-0.39, 0.29) is 0 Å². The number of hydrogen-bond donors (Lipinski definition) is 1. The maximum absolute atomic E-state index is 8.64. The molecule has 13 heavy (non-hydrogen) atoms. The normalized spacial score (nSPS) is 18.6. The topological polar surface area (TPSA) is 35.8 Å². The molecular weight excluding hydrogens is 160 g/mol. The summed E-state index contributed by atoms with van der Waals surface area (Å²) in [5.74, 6) is 0. The quantitative estimate of drug-likeness (QED) is 0.681. The zero-order valence-corrected chi connectivity index (χ0v) is 8.77. The van der Waals surface area contributed by atoms with Crippen molar-refractivity contribution in [2.24, 2.45) is 5.41 Å². The van der Waals surface area contributed by atoms with Gasteiger partial charge in [-0.1, -0.05) is 13.8 Å². The molecule has 0 aromatic heterocycles. The third-order valence-corrected chi connectivity index (χ3v) is 3.16. The third kappa shape index (κ3) is 3.00. The van der Waals surface area contributed by atoms with Crippen LogP contribution >= 0.6 is 0 Å². The lowest BCUT2D eigenvalue weighted by Crippen LogP contribution is -2.33. The highest BCUT2D eigenvalue weighted by molar-refractivity contribution is 5.00. The van der Waals surface area contributed by atoms with E-state index in [1.54, 1.807) is 0 Å². The van der Waals surface area contributed by atoms with E-state index in [4.69, 9.17) is 5.26 Å². The SMILES string of the molecule is CCC(CC)NCC1(CC#N)CC1. The van der Waals surface area contributed by atoms with Gasteiger partial charge in [-0.3, -0.25) is 0 Å². The van der Waals surface area contributed by atoms with Crippen molar-refractivity contribution in [2.45, 2.75) is 52.0 Å². The standard InChI is InChI=1S/C11H20N2/c1-3-10(4-2)13-9-11(5-6-11)7-8-12/h10,13H,3-7,9H2,1-2H3. The minimum absolute atomic E-state index is 0.358.